The molecule has 0 aliphatic heterocycles. The smallest absolute Gasteiger partial charge is 0.124 e. The topological polar surface area (TPSA) is 12.0 Å². The Morgan fingerprint density at radius 3 is 2.56 bits per heavy atom. The van der Waals surface area contributed by atoms with Crippen LogP contribution in [-0.4, -0.2) is 10.9 Å². The fourth-order valence-electron chi connectivity index (χ4n) is 1.18. The van der Waals surface area contributed by atoms with Gasteiger partial charge in [0.15, 0.2) is 0 Å². The van der Waals surface area contributed by atoms with Gasteiger partial charge in [0.2, 0.25) is 0 Å². The first-order chi connectivity index (χ1) is 7.31. The Balaban J connectivity index is 2.68. The van der Waals surface area contributed by atoms with Crippen molar-refractivity contribution in [1.82, 2.24) is 5.32 Å². The summed E-state index contributed by atoms with van der Waals surface area (Å²) in [6.45, 7) is 6.59. The van der Waals surface area contributed by atoms with Crippen LogP contribution < -0.4 is 5.32 Å². The highest BCUT2D eigenvalue weighted by atomic mass is 79.9. The SMILES string of the molecule is CC(Cl)C(C)(C)NCc1cc(F)cc(Br)c1. The molecule has 0 heterocycles. The lowest BCUT2D eigenvalue weighted by Crippen LogP contribution is -2.45. The van der Waals surface area contributed by atoms with Crippen molar-refractivity contribution in [3.05, 3.63) is 34.1 Å². The molecule has 1 N–H and O–H groups in total. The van der Waals surface area contributed by atoms with Gasteiger partial charge in [0.25, 0.3) is 0 Å². The summed E-state index contributed by atoms with van der Waals surface area (Å²) in [6, 6.07) is 4.86. The summed E-state index contributed by atoms with van der Waals surface area (Å²) >= 11 is 9.32. The van der Waals surface area contributed by atoms with Crippen molar-refractivity contribution in [3.63, 3.8) is 0 Å². The molecule has 0 saturated carbocycles. The van der Waals surface area contributed by atoms with Gasteiger partial charge >= 0.3 is 0 Å². The van der Waals surface area contributed by atoms with E-state index in [1.165, 1.54) is 12.1 Å². The number of nitrogens with one attached hydrogen (secondary N) is 1. The van der Waals surface area contributed by atoms with E-state index in [1.54, 1.807) is 0 Å². The molecule has 0 aliphatic carbocycles. The Bertz CT molecular complexity index is 346. The third-order valence-corrected chi connectivity index (χ3v) is 3.67. The van der Waals surface area contributed by atoms with E-state index >= 15 is 0 Å². The molecule has 0 bridgehead atoms. The van der Waals surface area contributed by atoms with Gasteiger partial charge in [-0.05, 0) is 44.5 Å². The van der Waals surface area contributed by atoms with E-state index in [0.29, 0.717) is 6.54 Å². The predicted octanol–water partition coefficient (Wildman–Crippen LogP) is 4.08. The van der Waals surface area contributed by atoms with E-state index in [2.05, 4.69) is 21.2 Å². The van der Waals surface area contributed by atoms with Crippen LogP contribution in [0.2, 0.25) is 0 Å². The molecule has 1 atom stereocenters. The first-order valence-corrected chi connectivity index (χ1v) is 6.38. The normalized spacial score (nSPS) is 13.9. The standard InChI is InChI=1S/C12H16BrClFN/c1-8(14)12(2,3)16-7-9-4-10(13)6-11(15)5-9/h4-6,8,16H,7H2,1-3H3. The lowest BCUT2D eigenvalue weighted by atomic mass is 10.0. The van der Waals surface area contributed by atoms with Crippen LogP contribution in [0, 0.1) is 5.82 Å². The molecular weight excluding hydrogens is 292 g/mol. The second kappa shape index (κ2) is 5.48. The zero-order valence-corrected chi connectivity index (χ0v) is 12.0. The number of halogens is 3. The molecule has 90 valence electrons. The summed E-state index contributed by atoms with van der Waals surface area (Å²) in [4.78, 5) is 0. The zero-order chi connectivity index (χ0) is 12.3. The summed E-state index contributed by atoms with van der Waals surface area (Å²) < 4.78 is 13.9. The molecule has 1 nitrogen and oxygen atoms in total. The van der Waals surface area contributed by atoms with Crippen LogP contribution in [0.1, 0.15) is 26.3 Å². The van der Waals surface area contributed by atoms with Crippen molar-refractivity contribution < 1.29 is 4.39 Å². The largest absolute Gasteiger partial charge is 0.306 e. The van der Waals surface area contributed by atoms with Gasteiger partial charge in [0.1, 0.15) is 5.82 Å². The molecule has 0 amide bonds. The lowest BCUT2D eigenvalue weighted by molar-refractivity contribution is 0.380. The van der Waals surface area contributed by atoms with Gasteiger partial charge in [-0.2, -0.15) is 0 Å². The van der Waals surface area contributed by atoms with Crippen molar-refractivity contribution in [2.24, 2.45) is 0 Å². The van der Waals surface area contributed by atoms with Crippen LogP contribution in [0.4, 0.5) is 4.39 Å². The zero-order valence-electron chi connectivity index (χ0n) is 9.65. The Morgan fingerprint density at radius 1 is 1.44 bits per heavy atom. The van der Waals surface area contributed by atoms with Crippen LogP contribution in [0.5, 0.6) is 0 Å². The Kier molecular flexibility index (Phi) is 4.77. The number of alkyl halides is 1. The van der Waals surface area contributed by atoms with Crippen LogP contribution >= 0.6 is 27.5 Å². The van der Waals surface area contributed by atoms with E-state index < -0.39 is 0 Å². The van der Waals surface area contributed by atoms with Gasteiger partial charge in [-0.15, -0.1) is 11.6 Å². The highest BCUT2D eigenvalue weighted by Gasteiger charge is 2.22. The van der Waals surface area contributed by atoms with Crippen molar-refractivity contribution in [2.45, 2.75) is 38.2 Å². The molecule has 1 aromatic carbocycles. The molecule has 0 spiro atoms. The van der Waals surface area contributed by atoms with Gasteiger partial charge in [0.05, 0.1) is 0 Å². The summed E-state index contributed by atoms with van der Waals surface area (Å²) in [5, 5.41) is 3.31. The van der Waals surface area contributed by atoms with Crippen molar-refractivity contribution >= 4 is 27.5 Å². The molecule has 16 heavy (non-hydrogen) atoms. The third kappa shape index (κ3) is 4.04. The maximum atomic E-state index is 13.1. The van der Waals surface area contributed by atoms with E-state index in [4.69, 9.17) is 11.6 Å². The van der Waals surface area contributed by atoms with Gasteiger partial charge in [-0.3, -0.25) is 0 Å². The minimum absolute atomic E-state index is 0.00417. The number of rotatable bonds is 4. The molecule has 1 aromatic rings. The third-order valence-electron chi connectivity index (χ3n) is 2.66. The minimum Gasteiger partial charge on any atom is -0.306 e. The highest BCUT2D eigenvalue weighted by molar-refractivity contribution is 9.10. The first kappa shape index (κ1) is 13.9. The number of hydrogen-bond acceptors (Lipinski definition) is 1. The van der Waals surface area contributed by atoms with Gasteiger partial charge in [-0.1, -0.05) is 15.9 Å². The number of benzene rings is 1. The predicted molar refractivity (Wildman–Crippen MR) is 70.3 cm³/mol. The van der Waals surface area contributed by atoms with E-state index in [1.807, 2.05) is 26.8 Å². The summed E-state index contributed by atoms with van der Waals surface area (Å²) in [5.74, 6) is -0.233. The van der Waals surface area contributed by atoms with Crippen LogP contribution in [0.15, 0.2) is 22.7 Å². The molecule has 0 aromatic heterocycles. The van der Waals surface area contributed by atoms with Crippen LogP contribution in [0.25, 0.3) is 0 Å². The number of hydrogen-bond donors (Lipinski definition) is 1. The van der Waals surface area contributed by atoms with Crippen molar-refractivity contribution in [3.8, 4) is 0 Å². The van der Waals surface area contributed by atoms with Crippen LogP contribution in [-0.2, 0) is 6.54 Å². The fraction of sp³-hybridized carbons (Fsp3) is 0.500. The van der Waals surface area contributed by atoms with Gasteiger partial charge in [-0.25, -0.2) is 4.39 Å². The summed E-state index contributed by atoms with van der Waals surface area (Å²) in [5.41, 5.74) is 0.720. The molecular formula is C12H16BrClFN. The second-order valence-electron chi connectivity index (χ2n) is 4.47. The van der Waals surface area contributed by atoms with Crippen LogP contribution in [0.3, 0.4) is 0 Å². The average Bonchev–Trinajstić information content (AvgIpc) is 2.13. The molecule has 4 heteroatoms. The van der Waals surface area contributed by atoms with E-state index in [-0.39, 0.29) is 16.7 Å². The monoisotopic (exact) mass is 307 g/mol. The molecule has 0 saturated heterocycles. The Morgan fingerprint density at radius 2 is 2.06 bits per heavy atom. The molecule has 0 fully saturated rings. The first-order valence-electron chi connectivity index (χ1n) is 5.15. The minimum atomic E-state index is -0.233. The Labute approximate surface area is 110 Å². The maximum Gasteiger partial charge on any atom is 0.124 e. The van der Waals surface area contributed by atoms with Crippen molar-refractivity contribution in [1.29, 1.82) is 0 Å². The average molecular weight is 309 g/mol. The Hall–Kier alpha value is -0.120. The molecule has 0 radical (unpaired) electrons. The second-order valence-corrected chi connectivity index (χ2v) is 6.04. The van der Waals surface area contributed by atoms with E-state index in [9.17, 15) is 4.39 Å². The maximum absolute atomic E-state index is 13.1. The molecule has 0 aliphatic rings. The van der Waals surface area contributed by atoms with Gasteiger partial charge in [0, 0.05) is 21.9 Å². The lowest BCUT2D eigenvalue weighted by Gasteiger charge is -2.29. The molecule has 1 rings (SSSR count). The summed E-state index contributed by atoms with van der Waals surface area (Å²) in [7, 11) is 0. The molecule has 1 unspecified atom stereocenters. The summed E-state index contributed by atoms with van der Waals surface area (Å²) in [6.07, 6.45) is 0. The quantitative estimate of drug-likeness (QED) is 0.826. The van der Waals surface area contributed by atoms with E-state index in [0.717, 1.165) is 10.0 Å². The highest BCUT2D eigenvalue weighted by Crippen LogP contribution is 2.18. The van der Waals surface area contributed by atoms with Crippen molar-refractivity contribution in [2.75, 3.05) is 0 Å². The van der Waals surface area contributed by atoms with Gasteiger partial charge < -0.3 is 5.32 Å². The fourth-order valence-corrected chi connectivity index (χ4v) is 1.77.